The molecule has 0 atom stereocenters. The van der Waals surface area contributed by atoms with Crippen molar-refractivity contribution in [3.63, 3.8) is 0 Å². The Morgan fingerprint density at radius 1 is 1.26 bits per heavy atom. The quantitative estimate of drug-likeness (QED) is 0.496. The Labute approximate surface area is 109 Å². The summed E-state index contributed by atoms with van der Waals surface area (Å²) in [6.45, 7) is -0.527. The third kappa shape index (κ3) is 6.05. The lowest BCUT2D eigenvalue weighted by Gasteiger charge is -2.06. The Balaban J connectivity index is 2.17. The summed E-state index contributed by atoms with van der Waals surface area (Å²) >= 11 is 0. The molecular weight excluding hydrogens is 254 g/mol. The second-order valence-corrected chi connectivity index (χ2v) is 3.69. The Morgan fingerprint density at radius 3 is 2.58 bits per heavy atom. The fraction of sp³-hybridized carbons (Fsp3) is 0.400. The van der Waals surface area contributed by atoms with Crippen LogP contribution >= 0.6 is 0 Å². The lowest BCUT2D eigenvalue weighted by molar-refractivity contribution is -0.137. The first-order chi connectivity index (χ1) is 8.97. The zero-order valence-corrected chi connectivity index (χ0v) is 10.3. The summed E-state index contributed by atoms with van der Waals surface area (Å²) in [4.78, 5) is 32.6. The first-order valence-corrected chi connectivity index (χ1v) is 5.46. The number of aryl methyl sites for hydroxylation is 1. The monoisotopic (exact) mass is 269 g/mol. The smallest absolute Gasteiger partial charge is 0.322 e. The summed E-state index contributed by atoms with van der Waals surface area (Å²) < 4.78 is 1.61. The summed E-state index contributed by atoms with van der Waals surface area (Å²) in [6.07, 6.45) is 1.74. The SMILES string of the molecule is Cn1ccc(CNC(=O)NCC(=O)NCC(=O)O)n1. The second-order valence-electron chi connectivity index (χ2n) is 3.69. The predicted molar refractivity (Wildman–Crippen MR) is 64.1 cm³/mol. The number of urea groups is 1. The van der Waals surface area contributed by atoms with Crippen molar-refractivity contribution in [1.29, 1.82) is 0 Å². The molecule has 0 aliphatic rings. The van der Waals surface area contributed by atoms with Crippen LogP contribution in [0.4, 0.5) is 4.79 Å². The van der Waals surface area contributed by atoms with E-state index >= 15 is 0 Å². The fourth-order valence-electron chi connectivity index (χ4n) is 1.19. The molecule has 1 heterocycles. The van der Waals surface area contributed by atoms with Gasteiger partial charge in [-0.2, -0.15) is 5.10 Å². The van der Waals surface area contributed by atoms with Gasteiger partial charge in [0.2, 0.25) is 5.91 Å². The minimum atomic E-state index is -1.15. The maximum atomic E-state index is 11.3. The van der Waals surface area contributed by atoms with E-state index < -0.39 is 24.5 Å². The molecule has 19 heavy (non-hydrogen) atoms. The van der Waals surface area contributed by atoms with E-state index in [-0.39, 0.29) is 13.1 Å². The lowest BCUT2D eigenvalue weighted by atomic mass is 10.4. The number of nitrogens with zero attached hydrogens (tertiary/aromatic N) is 2. The number of carbonyl (C=O) groups is 3. The van der Waals surface area contributed by atoms with Crippen LogP contribution in [0.5, 0.6) is 0 Å². The molecule has 0 aromatic carbocycles. The van der Waals surface area contributed by atoms with Gasteiger partial charge in [0.05, 0.1) is 18.8 Å². The van der Waals surface area contributed by atoms with Crippen molar-refractivity contribution < 1.29 is 19.5 Å². The molecule has 0 bridgehead atoms. The number of carboxylic acids is 1. The lowest BCUT2D eigenvalue weighted by Crippen LogP contribution is -2.42. The number of aromatic nitrogens is 2. The van der Waals surface area contributed by atoms with Crippen LogP contribution in [0.25, 0.3) is 0 Å². The van der Waals surface area contributed by atoms with E-state index in [1.54, 1.807) is 24.0 Å². The van der Waals surface area contributed by atoms with Crippen LogP contribution < -0.4 is 16.0 Å². The molecule has 1 aromatic heterocycles. The highest BCUT2D eigenvalue weighted by molar-refractivity contribution is 5.86. The molecule has 9 nitrogen and oxygen atoms in total. The van der Waals surface area contributed by atoms with Gasteiger partial charge in [0.25, 0.3) is 0 Å². The predicted octanol–water partition coefficient (Wildman–Crippen LogP) is -1.58. The number of carboxylic acid groups (broad SMARTS) is 1. The summed E-state index contributed by atoms with van der Waals surface area (Å²) in [6, 6.07) is 1.22. The minimum Gasteiger partial charge on any atom is -0.480 e. The van der Waals surface area contributed by atoms with Gasteiger partial charge in [0.15, 0.2) is 0 Å². The van der Waals surface area contributed by atoms with Gasteiger partial charge >= 0.3 is 12.0 Å². The molecule has 4 N–H and O–H groups in total. The molecule has 0 radical (unpaired) electrons. The molecule has 0 fully saturated rings. The zero-order valence-electron chi connectivity index (χ0n) is 10.3. The van der Waals surface area contributed by atoms with Crippen LogP contribution in [0, 0.1) is 0 Å². The number of carbonyl (C=O) groups excluding carboxylic acids is 2. The molecule has 3 amide bonds. The highest BCUT2D eigenvalue weighted by Gasteiger charge is 2.06. The van der Waals surface area contributed by atoms with E-state index in [9.17, 15) is 14.4 Å². The second kappa shape index (κ2) is 6.99. The standard InChI is InChI=1S/C10H15N5O4/c1-15-3-2-7(14-15)4-12-10(19)13-5-8(16)11-6-9(17)18/h2-3H,4-6H2,1H3,(H,11,16)(H,17,18)(H2,12,13,19). The molecule has 1 aromatic rings. The maximum absolute atomic E-state index is 11.3. The van der Waals surface area contributed by atoms with Gasteiger partial charge < -0.3 is 21.1 Å². The van der Waals surface area contributed by atoms with E-state index in [0.717, 1.165) is 0 Å². The third-order valence-corrected chi connectivity index (χ3v) is 2.05. The highest BCUT2D eigenvalue weighted by Crippen LogP contribution is 1.92. The van der Waals surface area contributed by atoms with E-state index in [0.29, 0.717) is 5.69 Å². The van der Waals surface area contributed by atoms with E-state index in [2.05, 4.69) is 21.0 Å². The summed E-state index contributed by atoms with van der Waals surface area (Å²) in [5.74, 6) is -1.72. The minimum absolute atomic E-state index is 0.240. The number of rotatable bonds is 6. The van der Waals surface area contributed by atoms with Crippen molar-refractivity contribution in [3.8, 4) is 0 Å². The molecule has 0 saturated carbocycles. The molecular formula is C10H15N5O4. The van der Waals surface area contributed by atoms with Gasteiger partial charge in [0.1, 0.15) is 6.54 Å². The molecule has 0 saturated heterocycles. The van der Waals surface area contributed by atoms with Crippen molar-refractivity contribution in [3.05, 3.63) is 18.0 Å². The average molecular weight is 269 g/mol. The van der Waals surface area contributed by atoms with E-state index in [4.69, 9.17) is 5.11 Å². The first-order valence-electron chi connectivity index (χ1n) is 5.46. The topological polar surface area (TPSA) is 125 Å². The Morgan fingerprint density at radius 2 is 2.00 bits per heavy atom. The van der Waals surface area contributed by atoms with Crippen LogP contribution in [-0.4, -0.2) is 45.9 Å². The molecule has 0 aliphatic heterocycles. The van der Waals surface area contributed by atoms with Gasteiger partial charge in [-0.1, -0.05) is 0 Å². The Hall–Kier alpha value is -2.58. The average Bonchev–Trinajstić information content (AvgIpc) is 2.77. The summed E-state index contributed by atoms with van der Waals surface area (Å²) in [5, 5.41) is 19.3. The normalized spacial score (nSPS) is 9.74. The molecule has 0 unspecified atom stereocenters. The first kappa shape index (κ1) is 14.5. The number of aliphatic carboxylic acids is 1. The number of hydrogen-bond donors (Lipinski definition) is 4. The van der Waals surface area contributed by atoms with Gasteiger partial charge in [0, 0.05) is 13.2 Å². The number of hydrogen-bond acceptors (Lipinski definition) is 4. The van der Waals surface area contributed by atoms with Crippen molar-refractivity contribution in [1.82, 2.24) is 25.7 Å². The van der Waals surface area contributed by atoms with Crippen LogP contribution in [-0.2, 0) is 23.2 Å². The molecule has 0 aliphatic carbocycles. The van der Waals surface area contributed by atoms with Crippen molar-refractivity contribution >= 4 is 17.9 Å². The molecule has 0 spiro atoms. The van der Waals surface area contributed by atoms with Gasteiger partial charge in [-0.05, 0) is 6.07 Å². The van der Waals surface area contributed by atoms with Crippen LogP contribution in [0.1, 0.15) is 5.69 Å². The third-order valence-electron chi connectivity index (χ3n) is 2.05. The van der Waals surface area contributed by atoms with Crippen LogP contribution in [0.3, 0.4) is 0 Å². The van der Waals surface area contributed by atoms with E-state index in [1.807, 2.05) is 0 Å². The molecule has 1 rings (SSSR count). The van der Waals surface area contributed by atoms with Crippen molar-refractivity contribution in [2.45, 2.75) is 6.54 Å². The molecule has 9 heteroatoms. The molecule has 104 valence electrons. The zero-order chi connectivity index (χ0) is 14.3. The van der Waals surface area contributed by atoms with Crippen LogP contribution in [0.2, 0.25) is 0 Å². The highest BCUT2D eigenvalue weighted by atomic mass is 16.4. The summed E-state index contributed by atoms with van der Waals surface area (Å²) in [7, 11) is 1.76. The number of amides is 3. The number of nitrogens with one attached hydrogen (secondary N) is 3. The van der Waals surface area contributed by atoms with Crippen molar-refractivity contribution in [2.24, 2.45) is 7.05 Å². The van der Waals surface area contributed by atoms with Gasteiger partial charge in [-0.15, -0.1) is 0 Å². The Kier molecular flexibility index (Phi) is 5.33. The summed E-state index contributed by atoms with van der Waals surface area (Å²) in [5.41, 5.74) is 0.688. The largest absolute Gasteiger partial charge is 0.480 e. The Bertz CT molecular complexity index is 470. The fourth-order valence-corrected chi connectivity index (χ4v) is 1.19. The van der Waals surface area contributed by atoms with Crippen molar-refractivity contribution in [2.75, 3.05) is 13.1 Å². The van der Waals surface area contributed by atoms with Gasteiger partial charge in [-0.25, -0.2) is 4.79 Å². The van der Waals surface area contributed by atoms with E-state index in [1.165, 1.54) is 0 Å². The van der Waals surface area contributed by atoms with Gasteiger partial charge in [-0.3, -0.25) is 14.3 Å². The van der Waals surface area contributed by atoms with Crippen LogP contribution in [0.15, 0.2) is 12.3 Å². The maximum Gasteiger partial charge on any atom is 0.322 e.